The minimum absolute atomic E-state index is 0.0602. The molecule has 0 aliphatic heterocycles. The minimum atomic E-state index is -1.05. The molecule has 3 rings (SSSR count). The average Bonchev–Trinajstić information content (AvgIpc) is 2.81. The van der Waals surface area contributed by atoms with Crippen molar-refractivity contribution in [2.75, 3.05) is 45.3 Å². The number of hydrogen-bond acceptors (Lipinski definition) is 8. The fourth-order valence-corrected chi connectivity index (χ4v) is 3.29. The van der Waals surface area contributed by atoms with Crippen LogP contribution in [-0.4, -0.2) is 59.8 Å². The van der Waals surface area contributed by atoms with Crippen molar-refractivity contribution < 1.29 is 19.4 Å². The van der Waals surface area contributed by atoms with Crippen molar-refractivity contribution in [2.24, 2.45) is 0 Å². The van der Waals surface area contributed by atoms with Gasteiger partial charge in [0.15, 0.2) is 5.82 Å². The van der Waals surface area contributed by atoms with Crippen molar-refractivity contribution >= 4 is 23.6 Å². The Hall–Kier alpha value is -4.31. The zero-order valence-corrected chi connectivity index (χ0v) is 19.9. The lowest BCUT2D eigenvalue weighted by Crippen LogP contribution is -2.19. The molecular weight excluding hydrogens is 450 g/mol. The Morgan fingerprint density at radius 1 is 1.11 bits per heavy atom. The first-order valence-corrected chi connectivity index (χ1v) is 10.9. The van der Waals surface area contributed by atoms with Gasteiger partial charge >= 0.3 is 5.97 Å². The minimum Gasteiger partial charge on any atom is -0.493 e. The van der Waals surface area contributed by atoms with Crippen LogP contribution in [0.25, 0.3) is 28.6 Å². The summed E-state index contributed by atoms with van der Waals surface area (Å²) in [5.41, 5.74) is 13.5. The van der Waals surface area contributed by atoms with E-state index in [4.69, 9.17) is 26.0 Å². The van der Waals surface area contributed by atoms with Crippen molar-refractivity contribution in [2.45, 2.75) is 6.92 Å². The third kappa shape index (κ3) is 6.39. The number of H-pyrrole nitrogens is 1. The molecule has 35 heavy (non-hydrogen) atoms. The van der Waals surface area contributed by atoms with Crippen molar-refractivity contribution in [1.82, 2.24) is 14.9 Å². The second-order valence-corrected chi connectivity index (χ2v) is 7.93. The second-order valence-electron chi connectivity index (χ2n) is 7.93. The number of carboxylic acid groups (broad SMARTS) is 1. The number of aromatic nitrogens is 2. The van der Waals surface area contributed by atoms with Crippen LogP contribution in [0.3, 0.4) is 0 Å². The van der Waals surface area contributed by atoms with Crippen molar-refractivity contribution in [3.63, 3.8) is 0 Å². The molecule has 0 atom stereocenters. The van der Waals surface area contributed by atoms with E-state index in [0.29, 0.717) is 35.8 Å². The molecule has 0 amide bonds. The lowest BCUT2D eigenvalue weighted by Gasteiger charge is -2.15. The van der Waals surface area contributed by atoms with E-state index in [2.05, 4.69) is 9.97 Å². The summed E-state index contributed by atoms with van der Waals surface area (Å²) in [6, 6.07) is 11.0. The molecule has 0 saturated heterocycles. The lowest BCUT2D eigenvalue weighted by molar-refractivity contribution is -0.131. The third-order valence-corrected chi connectivity index (χ3v) is 5.07. The highest BCUT2D eigenvalue weighted by Crippen LogP contribution is 2.35. The summed E-state index contributed by atoms with van der Waals surface area (Å²) in [6.07, 6.45) is 2.57. The van der Waals surface area contributed by atoms with Gasteiger partial charge in [0.25, 0.3) is 5.56 Å². The zero-order valence-electron chi connectivity index (χ0n) is 19.9. The summed E-state index contributed by atoms with van der Waals surface area (Å²) in [7, 11) is 3.89. The van der Waals surface area contributed by atoms with Gasteiger partial charge in [-0.1, -0.05) is 12.1 Å². The number of nitrogen functional groups attached to an aromatic ring is 2. The Kier molecular flexibility index (Phi) is 8.11. The van der Waals surface area contributed by atoms with Crippen LogP contribution in [0.15, 0.2) is 47.3 Å². The van der Waals surface area contributed by atoms with E-state index in [1.165, 1.54) is 6.08 Å². The van der Waals surface area contributed by atoms with Gasteiger partial charge in [-0.25, -0.2) is 9.78 Å². The van der Waals surface area contributed by atoms with Gasteiger partial charge in [0.2, 0.25) is 0 Å². The number of rotatable bonds is 10. The maximum atomic E-state index is 12.1. The standard InChI is InChI=1S/C25H29N5O5/c1-4-34-20-14-16(5-8-18(20)24-28-23(27)22(26)25(33)29-24)15-6-9-19(35-12-11-30(2)3)17(13-15)7-10-21(31)32/h5-10,13-14H,4,11-12,26H2,1-3H3,(H,31,32)(H3,27,28,29,33)/b10-7+. The number of ether oxygens (including phenoxy) is 2. The molecular formula is C25H29N5O5. The van der Waals surface area contributed by atoms with Crippen LogP contribution >= 0.6 is 0 Å². The molecule has 0 saturated carbocycles. The molecule has 0 aliphatic rings. The molecule has 0 radical (unpaired) electrons. The maximum Gasteiger partial charge on any atom is 0.328 e. The van der Waals surface area contributed by atoms with Crippen LogP contribution in [0.5, 0.6) is 11.5 Å². The van der Waals surface area contributed by atoms with Crippen molar-refractivity contribution in [1.29, 1.82) is 0 Å². The van der Waals surface area contributed by atoms with E-state index < -0.39 is 11.5 Å². The fourth-order valence-electron chi connectivity index (χ4n) is 3.29. The van der Waals surface area contributed by atoms with Gasteiger partial charge in [-0.05, 0) is 62.5 Å². The highest BCUT2D eigenvalue weighted by atomic mass is 16.5. The van der Waals surface area contributed by atoms with Crippen molar-refractivity contribution in [3.05, 3.63) is 58.4 Å². The van der Waals surface area contributed by atoms with Crippen LogP contribution in [0.1, 0.15) is 12.5 Å². The average molecular weight is 480 g/mol. The molecule has 184 valence electrons. The maximum absolute atomic E-state index is 12.1. The number of carbonyl (C=O) groups is 1. The molecule has 0 bridgehead atoms. The van der Waals surface area contributed by atoms with Crippen LogP contribution in [0.4, 0.5) is 11.5 Å². The Labute approximate surface area is 202 Å². The normalized spacial score (nSPS) is 11.2. The number of aliphatic carboxylic acids is 1. The first-order chi connectivity index (χ1) is 16.7. The van der Waals surface area contributed by atoms with Gasteiger partial charge in [-0.15, -0.1) is 0 Å². The molecule has 3 aromatic rings. The van der Waals surface area contributed by atoms with E-state index in [-0.39, 0.29) is 17.3 Å². The number of nitrogens with two attached hydrogens (primary N) is 2. The largest absolute Gasteiger partial charge is 0.493 e. The molecule has 0 spiro atoms. The predicted octanol–water partition coefficient (Wildman–Crippen LogP) is 2.71. The van der Waals surface area contributed by atoms with Gasteiger partial charge in [-0.3, -0.25) is 4.79 Å². The van der Waals surface area contributed by atoms with Crippen molar-refractivity contribution in [3.8, 4) is 34.0 Å². The Morgan fingerprint density at radius 3 is 2.49 bits per heavy atom. The Bertz CT molecular complexity index is 1300. The number of nitrogens with zero attached hydrogens (tertiary/aromatic N) is 2. The monoisotopic (exact) mass is 479 g/mol. The quantitative estimate of drug-likeness (QED) is 0.321. The summed E-state index contributed by atoms with van der Waals surface area (Å²) in [6.45, 7) is 3.41. The van der Waals surface area contributed by atoms with Gasteiger partial charge < -0.3 is 35.9 Å². The molecule has 2 aromatic carbocycles. The molecule has 10 heteroatoms. The molecule has 1 heterocycles. The highest BCUT2D eigenvalue weighted by molar-refractivity contribution is 5.86. The lowest BCUT2D eigenvalue weighted by atomic mass is 10.00. The molecule has 0 aliphatic carbocycles. The third-order valence-electron chi connectivity index (χ3n) is 5.07. The molecule has 1 aromatic heterocycles. The smallest absolute Gasteiger partial charge is 0.328 e. The fraction of sp³-hybridized carbons (Fsp3) is 0.240. The predicted molar refractivity (Wildman–Crippen MR) is 136 cm³/mol. The van der Waals surface area contributed by atoms with Crippen LogP contribution in [0, 0.1) is 0 Å². The summed E-state index contributed by atoms with van der Waals surface area (Å²) >= 11 is 0. The van der Waals surface area contributed by atoms with E-state index in [0.717, 1.165) is 23.7 Å². The number of benzene rings is 2. The number of anilines is 2. The second kappa shape index (κ2) is 11.2. The van der Waals surface area contributed by atoms with E-state index >= 15 is 0 Å². The van der Waals surface area contributed by atoms with Gasteiger partial charge in [0, 0.05) is 18.2 Å². The molecule has 0 fully saturated rings. The van der Waals surface area contributed by atoms with E-state index in [1.54, 1.807) is 12.1 Å². The zero-order chi connectivity index (χ0) is 25.5. The summed E-state index contributed by atoms with van der Waals surface area (Å²) in [4.78, 5) is 32.0. The summed E-state index contributed by atoms with van der Waals surface area (Å²) in [5, 5.41) is 9.09. The van der Waals surface area contributed by atoms with E-state index in [9.17, 15) is 9.59 Å². The first-order valence-electron chi connectivity index (χ1n) is 10.9. The molecule has 0 unspecified atom stereocenters. The summed E-state index contributed by atoms with van der Waals surface area (Å²) in [5.74, 6) is 0.198. The van der Waals surface area contributed by atoms with Gasteiger partial charge in [0.05, 0.1) is 12.2 Å². The molecule has 10 nitrogen and oxygen atoms in total. The van der Waals surface area contributed by atoms with Crippen LogP contribution in [-0.2, 0) is 4.79 Å². The van der Waals surface area contributed by atoms with Gasteiger partial charge in [0.1, 0.15) is 29.6 Å². The molecule has 6 N–H and O–H groups in total. The number of aromatic amines is 1. The highest BCUT2D eigenvalue weighted by Gasteiger charge is 2.14. The number of carboxylic acids is 1. The topological polar surface area (TPSA) is 157 Å². The Balaban J connectivity index is 2.03. The number of hydrogen-bond donors (Lipinski definition) is 4. The summed E-state index contributed by atoms with van der Waals surface area (Å²) < 4.78 is 11.7. The first kappa shape index (κ1) is 25.3. The van der Waals surface area contributed by atoms with Crippen LogP contribution in [0.2, 0.25) is 0 Å². The number of likely N-dealkylation sites (N-methyl/N-ethyl adjacent to an activating group) is 1. The Morgan fingerprint density at radius 2 is 1.83 bits per heavy atom. The SMILES string of the molecule is CCOc1cc(-c2ccc(OCCN(C)C)c(/C=C/C(=O)O)c2)ccc1-c1nc(N)c(N)c(=O)[nH]1. The number of nitrogens with one attached hydrogen (secondary N) is 1. The van der Waals surface area contributed by atoms with E-state index in [1.807, 2.05) is 50.2 Å². The van der Waals surface area contributed by atoms with Gasteiger partial charge in [-0.2, -0.15) is 0 Å². The van der Waals surface area contributed by atoms with Crippen LogP contribution < -0.4 is 26.5 Å².